The number of rotatable bonds is 4. The van der Waals surface area contributed by atoms with Crippen molar-refractivity contribution in [2.45, 2.75) is 54.9 Å². The largest absolute Gasteiger partial charge is 0.495 e. The van der Waals surface area contributed by atoms with Crippen molar-refractivity contribution >= 4 is 39.8 Å². The highest BCUT2D eigenvalue weighted by atomic mass is 35.5. The number of aryl methyl sites for hydroxylation is 1. The lowest BCUT2D eigenvalue weighted by Crippen LogP contribution is -1.99. The van der Waals surface area contributed by atoms with E-state index in [-0.39, 0.29) is 0 Å². The van der Waals surface area contributed by atoms with Gasteiger partial charge < -0.3 is 14.8 Å². The summed E-state index contributed by atoms with van der Waals surface area (Å²) in [6.45, 7) is 14.2. The van der Waals surface area contributed by atoms with Crippen LogP contribution in [0.5, 0.6) is 11.5 Å². The monoisotopic (exact) mass is 481 g/mol. The minimum absolute atomic E-state index is 0.377. The van der Waals surface area contributed by atoms with Gasteiger partial charge in [0.1, 0.15) is 17.3 Å². The molecular weight excluding hydrogens is 445 g/mol. The number of hydrogen-bond donors (Lipinski definition) is 1. The number of methoxy groups -OCH3 is 2. The third-order valence-electron chi connectivity index (χ3n) is 3.92. The predicted molar refractivity (Wildman–Crippen MR) is 141 cm³/mol. The Labute approximate surface area is 203 Å². The highest BCUT2D eigenvalue weighted by Crippen LogP contribution is 2.46. The first-order valence-electron chi connectivity index (χ1n) is 11.0. The normalized spacial score (nSPS) is 9.38. The summed E-state index contributed by atoms with van der Waals surface area (Å²) in [5.41, 5.74) is 2.07. The average molecular weight is 482 g/mol. The van der Waals surface area contributed by atoms with E-state index in [2.05, 4.69) is 29.1 Å². The molecule has 1 aromatic carbocycles. The van der Waals surface area contributed by atoms with E-state index in [4.69, 9.17) is 32.7 Å². The van der Waals surface area contributed by atoms with Gasteiger partial charge in [0, 0.05) is 41.3 Å². The molecule has 5 nitrogen and oxygen atoms in total. The molecule has 178 valence electrons. The number of aromatic nitrogens is 2. The van der Waals surface area contributed by atoms with Crippen molar-refractivity contribution in [1.29, 1.82) is 0 Å². The van der Waals surface area contributed by atoms with Gasteiger partial charge in [-0.25, -0.2) is 4.98 Å². The van der Waals surface area contributed by atoms with Crippen LogP contribution in [0.15, 0.2) is 24.4 Å². The van der Waals surface area contributed by atoms with Gasteiger partial charge in [-0.3, -0.25) is 4.98 Å². The summed E-state index contributed by atoms with van der Waals surface area (Å²) in [6, 6.07) is 5.53. The molecule has 0 aliphatic carbocycles. The molecule has 0 aliphatic heterocycles. The zero-order valence-electron chi connectivity index (χ0n) is 21.0. The lowest BCUT2D eigenvalue weighted by molar-refractivity contribution is 0.395. The standard InChI is InChI=1S/C18H17Cl2N3O2.C3H8.2C2H6/c1-9-5-11-10(8-22-9)6-12(23-18(11)21-2)15-16(19)13(24-3)7-14(25-4)17(15)20;1-3-2;2*1-2/h5-8H,1-4H3,(H,21,23);3H2,1-2H3;2*1-2H3. The molecular formula is C25H37Cl2N3O2. The number of halogens is 2. The Morgan fingerprint density at radius 3 is 1.84 bits per heavy atom. The zero-order chi connectivity index (χ0) is 24.8. The fraction of sp³-hybridized carbons (Fsp3) is 0.440. The highest BCUT2D eigenvalue weighted by molar-refractivity contribution is 6.41. The topological polar surface area (TPSA) is 56.3 Å². The molecule has 0 fully saturated rings. The van der Waals surface area contributed by atoms with Crippen LogP contribution in [-0.2, 0) is 0 Å². The van der Waals surface area contributed by atoms with Crippen molar-refractivity contribution in [3.63, 3.8) is 0 Å². The van der Waals surface area contributed by atoms with E-state index in [1.165, 1.54) is 20.6 Å². The maximum atomic E-state index is 6.51. The molecule has 0 radical (unpaired) electrons. The maximum Gasteiger partial charge on any atom is 0.141 e. The van der Waals surface area contributed by atoms with Gasteiger partial charge >= 0.3 is 0 Å². The second kappa shape index (κ2) is 15.5. The molecule has 7 heteroatoms. The fourth-order valence-corrected chi connectivity index (χ4v) is 3.37. The lowest BCUT2D eigenvalue weighted by atomic mass is 10.1. The van der Waals surface area contributed by atoms with Crippen LogP contribution in [0.4, 0.5) is 5.82 Å². The SMILES string of the molecule is CC.CC.CCC.CNc1nc(-c2c(Cl)c(OC)cc(OC)c2Cl)cc2cnc(C)cc12. The number of nitrogens with zero attached hydrogens (tertiary/aromatic N) is 2. The first kappa shape index (κ1) is 29.8. The Kier molecular flexibility index (Phi) is 14.5. The van der Waals surface area contributed by atoms with Crippen LogP contribution in [0.3, 0.4) is 0 Å². The van der Waals surface area contributed by atoms with Crippen LogP contribution < -0.4 is 14.8 Å². The Morgan fingerprint density at radius 2 is 1.41 bits per heavy atom. The minimum atomic E-state index is 0.377. The van der Waals surface area contributed by atoms with Crippen LogP contribution in [0.25, 0.3) is 22.0 Å². The summed E-state index contributed by atoms with van der Waals surface area (Å²) >= 11 is 13.0. The highest BCUT2D eigenvalue weighted by Gasteiger charge is 2.21. The van der Waals surface area contributed by atoms with Crippen LogP contribution >= 0.6 is 23.2 Å². The molecule has 2 aromatic heterocycles. The van der Waals surface area contributed by atoms with Gasteiger partial charge in [0.2, 0.25) is 0 Å². The number of anilines is 1. The van der Waals surface area contributed by atoms with Gasteiger partial charge in [-0.15, -0.1) is 0 Å². The summed E-state index contributed by atoms with van der Waals surface area (Å²) in [5, 5.41) is 5.77. The molecule has 0 aliphatic rings. The molecule has 0 saturated heterocycles. The number of nitrogens with one attached hydrogen (secondary N) is 1. The number of ether oxygens (including phenoxy) is 2. The Hall–Kier alpha value is -2.24. The summed E-state index contributed by atoms with van der Waals surface area (Å²) in [6.07, 6.45) is 3.05. The Balaban J connectivity index is 0.00000124. The fourth-order valence-electron chi connectivity index (χ4n) is 2.68. The first-order valence-corrected chi connectivity index (χ1v) is 11.7. The van der Waals surface area contributed by atoms with Gasteiger partial charge in [-0.05, 0) is 19.1 Å². The Morgan fingerprint density at radius 1 is 0.906 bits per heavy atom. The lowest BCUT2D eigenvalue weighted by Gasteiger charge is -2.16. The molecule has 3 rings (SSSR count). The number of fused-ring (bicyclic) bond motifs is 1. The molecule has 0 saturated carbocycles. The van der Waals surface area contributed by atoms with E-state index in [0.29, 0.717) is 38.6 Å². The summed E-state index contributed by atoms with van der Waals surface area (Å²) in [5.74, 6) is 1.65. The van der Waals surface area contributed by atoms with Crippen molar-refractivity contribution in [2.24, 2.45) is 0 Å². The number of pyridine rings is 2. The number of hydrogen-bond acceptors (Lipinski definition) is 5. The molecule has 1 N–H and O–H groups in total. The summed E-state index contributed by atoms with van der Waals surface area (Å²) in [7, 11) is 4.90. The molecule has 32 heavy (non-hydrogen) atoms. The molecule has 0 spiro atoms. The van der Waals surface area contributed by atoms with Gasteiger partial charge in [0.15, 0.2) is 0 Å². The quantitative estimate of drug-likeness (QED) is 0.404. The predicted octanol–water partition coefficient (Wildman–Crippen LogP) is 8.44. The van der Waals surface area contributed by atoms with Crippen molar-refractivity contribution in [2.75, 3.05) is 26.6 Å². The average Bonchev–Trinajstić information content (AvgIpc) is 2.82. The van der Waals surface area contributed by atoms with Crippen LogP contribution in [-0.4, -0.2) is 31.2 Å². The van der Waals surface area contributed by atoms with Gasteiger partial charge in [0.25, 0.3) is 0 Å². The molecule has 3 aromatic rings. The minimum Gasteiger partial charge on any atom is -0.495 e. The Bertz CT molecular complexity index is 951. The van der Waals surface area contributed by atoms with Crippen molar-refractivity contribution < 1.29 is 9.47 Å². The molecule has 2 heterocycles. The van der Waals surface area contributed by atoms with E-state index in [0.717, 1.165) is 16.5 Å². The van der Waals surface area contributed by atoms with Crippen molar-refractivity contribution in [3.8, 4) is 22.8 Å². The van der Waals surface area contributed by atoms with Crippen molar-refractivity contribution in [1.82, 2.24) is 9.97 Å². The van der Waals surface area contributed by atoms with Gasteiger partial charge in [-0.2, -0.15) is 0 Å². The maximum absolute atomic E-state index is 6.51. The van der Waals surface area contributed by atoms with E-state index in [1.54, 1.807) is 12.3 Å². The molecule has 0 bridgehead atoms. The van der Waals surface area contributed by atoms with E-state index < -0.39 is 0 Å². The zero-order valence-corrected chi connectivity index (χ0v) is 22.5. The molecule has 0 amide bonds. The van der Waals surface area contributed by atoms with Gasteiger partial charge in [-0.1, -0.05) is 71.2 Å². The van der Waals surface area contributed by atoms with E-state index >= 15 is 0 Å². The summed E-state index contributed by atoms with van der Waals surface area (Å²) in [4.78, 5) is 9.04. The van der Waals surface area contributed by atoms with Gasteiger partial charge in [0.05, 0.1) is 30.0 Å². The number of benzene rings is 1. The smallest absolute Gasteiger partial charge is 0.141 e. The van der Waals surface area contributed by atoms with Crippen LogP contribution in [0.1, 0.15) is 53.7 Å². The molecule has 0 unspecified atom stereocenters. The van der Waals surface area contributed by atoms with Crippen molar-refractivity contribution in [3.05, 3.63) is 40.1 Å². The second-order valence-electron chi connectivity index (χ2n) is 6.14. The third-order valence-corrected chi connectivity index (χ3v) is 4.67. The molecule has 0 atom stereocenters. The van der Waals surface area contributed by atoms with Crippen LogP contribution in [0, 0.1) is 6.92 Å². The second-order valence-corrected chi connectivity index (χ2v) is 6.90. The van der Waals surface area contributed by atoms with E-state index in [1.807, 2.05) is 53.8 Å². The van der Waals surface area contributed by atoms with E-state index in [9.17, 15) is 0 Å². The van der Waals surface area contributed by atoms with Crippen LogP contribution in [0.2, 0.25) is 10.0 Å². The third kappa shape index (κ3) is 7.14. The first-order chi connectivity index (χ1) is 15.4. The summed E-state index contributed by atoms with van der Waals surface area (Å²) < 4.78 is 10.7.